The Kier molecular flexibility index (Phi) is 5.11. The molecule has 0 aliphatic heterocycles. The maximum absolute atomic E-state index is 12.2. The smallest absolute Gasteiger partial charge is 0.349 e. The molecular weight excluding hydrogens is 268 g/mol. The van der Waals surface area contributed by atoms with Crippen molar-refractivity contribution >= 4 is 16.9 Å². The van der Waals surface area contributed by atoms with Gasteiger partial charge in [-0.25, -0.2) is 4.79 Å². The lowest BCUT2D eigenvalue weighted by Gasteiger charge is -2.16. The Labute approximate surface area is 123 Å². The number of carbonyl (C=O) groups excluding carboxylic acids is 1. The second-order valence-corrected chi connectivity index (χ2v) is 5.03. The fourth-order valence-corrected chi connectivity index (χ4v) is 2.18. The van der Waals surface area contributed by atoms with Crippen LogP contribution < -0.4 is 16.7 Å². The number of unbranched alkanes of at least 4 members (excludes halogenated alkanes) is 1. The Morgan fingerprint density at radius 3 is 2.86 bits per heavy atom. The van der Waals surface area contributed by atoms with Crippen LogP contribution in [0.3, 0.4) is 0 Å². The summed E-state index contributed by atoms with van der Waals surface area (Å²) in [4.78, 5) is 24.1. The molecular formula is C16H20N2O3. The van der Waals surface area contributed by atoms with Gasteiger partial charge in [0.15, 0.2) is 0 Å². The molecule has 21 heavy (non-hydrogen) atoms. The van der Waals surface area contributed by atoms with Crippen molar-refractivity contribution in [3.8, 4) is 0 Å². The van der Waals surface area contributed by atoms with Crippen LogP contribution in [-0.4, -0.2) is 18.5 Å². The van der Waals surface area contributed by atoms with Crippen LogP contribution in [0.1, 0.15) is 36.5 Å². The highest BCUT2D eigenvalue weighted by molar-refractivity contribution is 5.96. The van der Waals surface area contributed by atoms with E-state index in [1.165, 1.54) is 0 Å². The molecule has 0 fully saturated rings. The fourth-order valence-electron chi connectivity index (χ4n) is 2.18. The van der Waals surface area contributed by atoms with Crippen LogP contribution in [0.15, 0.2) is 39.5 Å². The number of amides is 1. The summed E-state index contributed by atoms with van der Waals surface area (Å²) in [5.41, 5.74) is 5.51. The Hall–Kier alpha value is -2.14. The zero-order valence-corrected chi connectivity index (χ0v) is 12.1. The van der Waals surface area contributed by atoms with Gasteiger partial charge in [-0.15, -0.1) is 0 Å². The van der Waals surface area contributed by atoms with E-state index in [9.17, 15) is 9.59 Å². The van der Waals surface area contributed by atoms with Gasteiger partial charge in [0.05, 0.1) is 0 Å². The van der Waals surface area contributed by atoms with Crippen molar-refractivity contribution in [1.82, 2.24) is 5.32 Å². The van der Waals surface area contributed by atoms with Crippen molar-refractivity contribution in [2.75, 3.05) is 6.54 Å². The molecule has 0 bridgehead atoms. The summed E-state index contributed by atoms with van der Waals surface area (Å²) in [6.45, 7) is 2.43. The number of hydrogen-bond donors (Lipinski definition) is 2. The van der Waals surface area contributed by atoms with Crippen LogP contribution in [-0.2, 0) is 0 Å². The molecule has 5 nitrogen and oxygen atoms in total. The van der Waals surface area contributed by atoms with E-state index in [4.69, 9.17) is 10.2 Å². The maximum Gasteiger partial charge on any atom is 0.349 e. The summed E-state index contributed by atoms with van der Waals surface area (Å²) in [6, 6.07) is 8.54. The van der Waals surface area contributed by atoms with Crippen LogP contribution >= 0.6 is 0 Å². The standard InChI is InChI=1S/C16H20N2O3/c1-2-3-7-12(10-17)18-15(19)13-9-11-6-4-5-8-14(11)21-16(13)20/h4-6,8-9,12H,2-3,7,10,17H2,1H3,(H,18,19). The zero-order valence-electron chi connectivity index (χ0n) is 12.1. The van der Waals surface area contributed by atoms with E-state index in [1.54, 1.807) is 24.3 Å². The average molecular weight is 288 g/mol. The molecule has 0 radical (unpaired) electrons. The summed E-state index contributed by atoms with van der Waals surface area (Å²) < 4.78 is 5.16. The minimum atomic E-state index is -0.627. The van der Waals surface area contributed by atoms with Gasteiger partial charge in [-0.3, -0.25) is 4.79 Å². The van der Waals surface area contributed by atoms with Crippen LogP contribution in [0.2, 0.25) is 0 Å². The Morgan fingerprint density at radius 2 is 2.14 bits per heavy atom. The molecule has 112 valence electrons. The summed E-state index contributed by atoms with van der Waals surface area (Å²) in [7, 11) is 0. The van der Waals surface area contributed by atoms with E-state index in [0.29, 0.717) is 12.1 Å². The molecule has 0 spiro atoms. The van der Waals surface area contributed by atoms with Crippen molar-refractivity contribution in [3.05, 3.63) is 46.3 Å². The lowest BCUT2D eigenvalue weighted by molar-refractivity contribution is 0.0932. The quantitative estimate of drug-likeness (QED) is 0.796. The number of rotatable bonds is 6. The van der Waals surface area contributed by atoms with Gasteiger partial charge >= 0.3 is 5.63 Å². The lowest BCUT2D eigenvalue weighted by atomic mass is 10.1. The summed E-state index contributed by atoms with van der Waals surface area (Å²) in [5.74, 6) is -0.430. The first-order chi connectivity index (χ1) is 10.2. The van der Waals surface area contributed by atoms with Crippen molar-refractivity contribution in [2.24, 2.45) is 5.73 Å². The van der Waals surface area contributed by atoms with E-state index in [0.717, 1.165) is 24.6 Å². The normalized spacial score (nSPS) is 12.3. The first kappa shape index (κ1) is 15.3. The Balaban J connectivity index is 2.22. The van der Waals surface area contributed by atoms with Gasteiger partial charge < -0.3 is 15.5 Å². The summed E-state index contributed by atoms with van der Waals surface area (Å²) in [6.07, 6.45) is 2.82. The second-order valence-electron chi connectivity index (χ2n) is 5.03. The minimum Gasteiger partial charge on any atom is -0.422 e. The van der Waals surface area contributed by atoms with E-state index >= 15 is 0 Å². The highest BCUT2D eigenvalue weighted by Gasteiger charge is 2.16. The third kappa shape index (κ3) is 3.70. The Morgan fingerprint density at radius 1 is 1.38 bits per heavy atom. The number of nitrogens with one attached hydrogen (secondary N) is 1. The molecule has 2 aromatic rings. The second kappa shape index (κ2) is 7.04. The highest BCUT2D eigenvalue weighted by atomic mass is 16.4. The number of carbonyl (C=O) groups is 1. The van der Waals surface area contributed by atoms with E-state index in [1.807, 2.05) is 6.07 Å². The largest absolute Gasteiger partial charge is 0.422 e. The topological polar surface area (TPSA) is 85.3 Å². The molecule has 1 aromatic heterocycles. The molecule has 1 aromatic carbocycles. The van der Waals surface area contributed by atoms with E-state index in [-0.39, 0.29) is 11.6 Å². The van der Waals surface area contributed by atoms with Crippen molar-refractivity contribution in [2.45, 2.75) is 32.2 Å². The molecule has 0 aliphatic rings. The Bertz CT molecular complexity index is 679. The average Bonchev–Trinajstić information content (AvgIpc) is 2.50. The van der Waals surface area contributed by atoms with Crippen LogP contribution in [0, 0.1) is 0 Å². The van der Waals surface area contributed by atoms with Gasteiger partial charge in [0, 0.05) is 18.0 Å². The summed E-state index contributed by atoms with van der Waals surface area (Å²) >= 11 is 0. The monoisotopic (exact) mass is 288 g/mol. The number of hydrogen-bond acceptors (Lipinski definition) is 4. The molecule has 1 amide bonds. The number of nitrogens with two attached hydrogens (primary N) is 1. The number of benzene rings is 1. The molecule has 1 unspecified atom stereocenters. The molecule has 5 heteroatoms. The molecule has 1 heterocycles. The van der Waals surface area contributed by atoms with E-state index < -0.39 is 11.5 Å². The predicted molar refractivity (Wildman–Crippen MR) is 82.3 cm³/mol. The molecule has 0 saturated heterocycles. The van der Waals surface area contributed by atoms with Gasteiger partial charge in [-0.05, 0) is 18.6 Å². The first-order valence-corrected chi connectivity index (χ1v) is 7.19. The molecule has 2 rings (SSSR count). The zero-order chi connectivity index (χ0) is 15.2. The number of para-hydroxylation sites is 1. The first-order valence-electron chi connectivity index (χ1n) is 7.19. The molecule has 3 N–H and O–H groups in total. The van der Waals surface area contributed by atoms with Crippen LogP contribution in [0.5, 0.6) is 0 Å². The maximum atomic E-state index is 12.2. The molecule has 0 aliphatic carbocycles. The number of fused-ring (bicyclic) bond motifs is 1. The van der Waals surface area contributed by atoms with Gasteiger partial charge in [0.1, 0.15) is 11.1 Å². The van der Waals surface area contributed by atoms with Crippen molar-refractivity contribution < 1.29 is 9.21 Å². The SMILES string of the molecule is CCCCC(CN)NC(=O)c1cc2ccccc2oc1=O. The third-order valence-electron chi connectivity index (χ3n) is 3.41. The predicted octanol–water partition coefficient (Wildman–Crippen LogP) is 2.04. The minimum absolute atomic E-state index is 0.0173. The molecule has 0 saturated carbocycles. The molecule has 1 atom stereocenters. The van der Waals surface area contributed by atoms with Gasteiger partial charge in [-0.2, -0.15) is 0 Å². The van der Waals surface area contributed by atoms with Gasteiger partial charge in [0.25, 0.3) is 5.91 Å². The van der Waals surface area contributed by atoms with Gasteiger partial charge in [-0.1, -0.05) is 38.0 Å². The highest BCUT2D eigenvalue weighted by Crippen LogP contribution is 2.12. The van der Waals surface area contributed by atoms with Crippen molar-refractivity contribution in [1.29, 1.82) is 0 Å². The lowest BCUT2D eigenvalue weighted by Crippen LogP contribution is -2.41. The summed E-state index contributed by atoms with van der Waals surface area (Å²) in [5, 5.41) is 3.52. The van der Waals surface area contributed by atoms with Gasteiger partial charge in [0.2, 0.25) is 0 Å². The third-order valence-corrected chi connectivity index (χ3v) is 3.41. The van der Waals surface area contributed by atoms with Crippen LogP contribution in [0.4, 0.5) is 0 Å². The van der Waals surface area contributed by atoms with Crippen molar-refractivity contribution in [3.63, 3.8) is 0 Å². The van der Waals surface area contributed by atoms with E-state index in [2.05, 4.69) is 12.2 Å². The fraction of sp³-hybridized carbons (Fsp3) is 0.375. The van der Waals surface area contributed by atoms with Crippen LogP contribution in [0.25, 0.3) is 11.0 Å².